The zero-order chi connectivity index (χ0) is 13.7. The molecule has 0 N–H and O–H groups in total. The average molecular weight is 285 g/mol. The summed E-state index contributed by atoms with van der Waals surface area (Å²) >= 11 is 6.02. The second kappa shape index (κ2) is 4.32. The van der Waals surface area contributed by atoms with Crippen LogP contribution in [0.1, 0.15) is 17.5 Å². The monoisotopic (exact) mass is 284 g/mol. The lowest BCUT2D eigenvalue weighted by Gasteiger charge is -2.25. The van der Waals surface area contributed by atoms with E-state index in [0.717, 1.165) is 36.2 Å². The van der Waals surface area contributed by atoms with Crippen molar-refractivity contribution in [1.82, 2.24) is 4.98 Å². The number of benzene rings is 1. The number of carbonyl (C=O) groups is 1. The van der Waals surface area contributed by atoms with Gasteiger partial charge in [0.05, 0.1) is 10.7 Å². The maximum atomic E-state index is 11.9. The van der Waals surface area contributed by atoms with Gasteiger partial charge in [-0.05, 0) is 47.7 Å². The Labute approximate surface area is 122 Å². The van der Waals surface area contributed by atoms with Gasteiger partial charge in [-0.3, -0.25) is 9.78 Å². The third-order valence-electron chi connectivity index (χ3n) is 4.09. The highest BCUT2D eigenvalue weighted by Gasteiger charge is 2.31. The number of carbonyl (C=O) groups excluding carboxylic acids is 1. The third-order valence-corrected chi connectivity index (χ3v) is 4.30. The summed E-state index contributed by atoms with van der Waals surface area (Å²) in [5.41, 5.74) is 5.87. The van der Waals surface area contributed by atoms with Crippen molar-refractivity contribution in [2.24, 2.45) is 0 Å². The molecular weight excluding hydrogens is 272 g/mol. The standard InChI is InChI=1S/C16H13ClN2O/c17-14-7-13(8-18-9-14)12-5-10-1-2-15(20)19-4-3-11(6-12)16(10)19/h5-9H,1-4H2. The summed E-state index contributed by atoms with van der Waals surface area (Å²) in [5.74, 6) is 0.258. The minimum Gasteiger partial charge on any atom is -0.312 e. The first-order valence-corrected chi connectivity index (χ1v) is 7.17. The summed E-state index contributed by atoms with van der Waals surface area (Å²) in [7, 11) is 0. The van der Waals surface area contributed by atoms with Crippen molar-refractivity contribution >= 4 is 23.2 Å². The summed E-state index contributed by atoms with van der Waals surface area (Å²) in [6.07, 6.45) is 5.86. The molecule has 1 aromatic carbocycles. The Kier molecular flexibility index (Phi) is 2.57. The van der Waals surface area contributed by atoms with E-state index in [1.807, 2.05) is 17.2 Å². The number of halogens is 1. The maximum absolute atomic E-state index is 11.9. The summed E-state index contributed by atoms with van der Waals surface area (Å²) in [4.78, 5) is 18.0. The van der Waals surface area contributed by atoms with Crippen molar-refractivity contribution < 1.29 is 4.79 Å². The second-order valence-corrected chi connectivity index (χ2v) is 5.77. The van der Waals surface area contributed by atoms with Crippen LogP contribution < -0.4 is 4.90 Å². The van der Waals surface area contributed by atoms with E-state index in [4.69, 9.17) is 11.6 Å². The first-order chi connectivity index (χ1) is 9.72. The number of aromatic nitrogens is 1. The van der Waals surface area contributed by atoms with E-state index in [-0.39, 0.29) is 5.91 Å². The van der Waals surface area contributed by atoms with Crippen LogP contribution in [0.4, 0.5) is 5.69 Å². The highest BCUT2D eigenvalue weighted by Crippen LogP contribution is 2.39. The van der Waals surface area contributed by atoms with Gasteiger partial charge in [-0.25, -0.2) is 0 Å². The van der Waals surface area contributed by atoms with Crippen LogP contribution in [0.25, 0.3) is 11.1 Å². The van der Waals surface area contributed by atoms with Crippen molar-refractivity contribution in [2.45, 2.75) is 19.3 Å². The van der Waals surface area contributed by atoms with Gasteiger partial charge in [0, 0.05) is 30.9 Å². The normalized spacial score (nSPS) is 16.4. The molecule has 0 atom stereocenters. The largest absolute Gasteiger partial charge is 0.312 e. The van der Waals surface area contributed by atoms with Gasteiger partial charge in [0.25, 0.3) is 0 Å². The lowest BCUT2D eigenvalue weighted by atomic mass is 9.94. The Bertz CT molecular complexity index is 726. The molecule has 0 aliphatic carbocycles. The molecule has 0 radical (unpaired) electrons. The van der Waals surface area contributed by atoms with Gasteiger partial charge in [0.15, 0.2) is 0 Å². The molecule has 0 saturated heterocycles. The third kappa shape index (κ3) is 1.74. The fourth-order valence-electron chi connectivity index (χ4n) is 3.19. The van der Waals surface area contributed by atoms with Crippen LogP contribution >= 0.6 is 11.6 Å². The average Bonchev–Trinajstić information content (AvgIpc) is 2.88. The number of hydrogen-bond acceptors (Lipinski definition) is 2. The van der Waals surface area contributed by atoms with Gasteiger partial charge >= 0.3 is 0 Å². The Morgan fingerprint density at radius 3 is 2.60 bits per heavy atom. The summed E-state index contributed by atoms with van der Waals surface area (Å²) < 4.78 is 0. The zero-order valence-corrected chi connectivity index (χ0v) is 11.7. The van der Waals surface area contributed by atoms with E-state index in [2.05, 4.69) is 17.1 Å². The van der Waals surface area contributed by atoms with E-state index >= 15 is 0 Å². The van der Waals surface area contributed by atoms with Crippen LogP contribution in [0.5, 0.6) is 0 Å². The van der Waals surface area contributed by atoms with Gasteiger partial charge in [-0.15, -0.1) is 0 Å². The number of nitrogens with zero attached hydrogens (tertiary/aromatic N) is 2. The quantitative estimate of drug-likeness (QED) is 0.805. The van der Waals surface area contributed by atoms with Crippen LogP contribution in [0, 0.1) is 0 Å². The topological polar surface area (TPSA) is 33.2 Å². The van der Waals surface area contributed by atoms with Crippen molar-refractivity contribution in [3.8, 4) is 11.1 Å². The summed E-state index contributed by atoms with van der Waals surface area (Å²) in [6.45, 7) is 0.818. The molecule has 3 heterocycles. The van der Waals surface area contributed by atoms with Crippen LogP contribution in [0.15, 0.2) is 30.6 Å². The second-order valence-electron chi connectivity index (χ2n) is 5.33. The van der Waals surface area contributed by atoms with Crippen LogP contribution in [-0.2, 0) is 17.6 Å². The molecule has 0 saturated carbocycles. The van der Waals surface area contributed by atoms with Crippen LogP contribution in [0.2, 0.25) is 5.02 Å². The Hall–Kier alpha value is -1.87. The minimum absolute atomic E-state index is 0.258. The van der Waals surface area contributed by atoms with Crippen molar-refractivity contribution in [3.63, 3.8) is 0 Å². The van der Waals surface area contributed by atoms with E-state index < -0.39 is 0 Å². The van der Waals surface area contributed by atoms with Crippen molar-refractivity contribution in [1.29, 1.82) is 0 Å². The molecule has 0 fully saturated rings. The molecule has 1 aromatic heterocycles. The molecule has 20 heavy (non-hydrogen) atoms. The van der Waals surface area contributed by atoms with E-state index in [1.165, 1.54) is 11.1 Å². The summed E-state index contributed by atoms with van der Waals surface area (Å²) in [5, 5.41) is 0.647. The fourth-order valence-corrected chi connectivity index (χ4v) is 3.37. The zero-order valence-electron chi connectivity index (χ0n) is 10.9. The van der Waals surface area contributed by atoms with E-state index in [0.29, 0.717) is 11.4 Å². The molecule has 1 amide bonds. The molecule has 4 heteroatoms. The molecule has 100 valence electrons. The molecule has 2 aliphatic heterocycles. The molecule has 0 spiro atoms. The SMILES string of the molecule is O=C1CCc2cc(-c3cncc(Cl)c3)cc3c2N1CC3. The van der Waals surface area contributed by atoms with Crippen LogP contribution in [-0.4, -0.2) is 17.4 Å². The molecule has 2 aliphatic rings. The molecule has 3 nitrogen and oxygen atoms in total. The van der Waals surface area contributed by atoms with E-state index in [9.17, 15) is 4.79 Å². The minimum atomic E-state index is 0.258. The van der Waals surface area contributed by atoms with Gasteiger partial charge in [-0.2, -0.15) is 0 Å². The molecule has 2 aromatic rings. The van der Waals surface area contributed by atoms with Gasteiger partial charge in [0.2, 0.25) is 5.91 Å². The van der Waals surface area contributed by atoms with E-state index in [1.54, 1.807) is 6.20 Å². The van der Waals surface area contributed by atoms with Gasteiger partial charge in [0.1, 0.15) is 0 Å². The Morgan fingerprint density at radius 1 is 1.00 bits per heavy atom. The highest BCUT2D eigenvalue weighted by atomic mass is 35.5. The molecule has 0 unspecified atom stereocenters. The van der Waals surface area contributed by atoms with Crippen LogP contribution in [0.3, 0.4) is 0 Å². The number of hydrogen-bond donors (Lipinski definition) is 0. The van der Waals surface area contributed by atoms with Gasteiger partial charge < -0.3 is 4.90 Å². The predicted molar refractivity (Wildman–Crippen MR) is 79.1 cm³/mol. The highest BCUT2D eigenvalue weighted by molar-refractivity contribution is 6.30. The number of amides is 1. The number of rotatable bonds is 1. The summed E-state index contributed by atoms with van der Waals surface area (Å²) in [6, 6.07) is 6.28. The van der Waals surface area contributed by atoms with Crippen molar-refractivity contribution in [2.75, 3.05) is 11.4 Å². The lowest BCUT2D eigenvalue weighted by molar-refractivity contribution is -0.118. The lowest BCUT2D eigenvalue weighted by Crippen LogP contribution is -2.32. The Morgan fingerprint density at radius 2 is 1.80 bits per heavy atom. The predicted octanol–water partition coefficient (Wildman–Crippen LogP) is 3.24. The fraction of sp³-hybridized carbons (Fsp3) is 0.250. The number of pyridine rings is 1. The number of aryl methyl sites for hydroxylation is 1. The van der Waals surface area contributed by atoms with Crippen molar-refractivity contribution in [3.05, 3.63) is 46.7 Å². The number of anilines is 1. The first-order valence-electron chi connectivity index (χ1n) is 6.79. The maximum Gasteiger partial charge on any atom is 0.227 e. The molecule has 0 bridgehead atoms. The Balaban J connectivity index is 1.87. The first kappa shape index (κ1) is 11.9. The smallest absolute Gasteiger partial charge is 0.227 e. The molecular formula is C16H13ClN2O. The van der Waals surface area contributed by atoms with Gasteiger partial charge in [-0.1, -0.05) is 11.6 Å². The molecule has 4 rings (SSSR count).